The van der Waals surface area contributed by atoms with Crippen LogP contribution < -0.4 is 3.53 Å². The molecule has 2 fully saturated rings. The summed E-state index contributed by atoms with van der Waals surface area (Å²) in [5, 5.41) is 4.40. The molecule has 0 aliphatic carbocycles. The lowest BCUT2D eigenvalue weighted by Crippen LogP contribution is -2.45. The summed E-state index contributed by atoms with van der Waals surface area (Å²) in [7, 11) is 0. The van der Waals surface area contributed by atoms with E-state index in [0.717, 1.165) is 24.1 Å². The van der Waals surface area contributed by atoms with Crippen molar-refractivity contribution in [2.24, 2.45) is 0 Å². The van der Waals surface area contributed by atoms with Gasteiger partial charge >= 0.3 is 6.16 Å². The molecule has 4 rings (SSSR count). The van der Waals surface area contributed by atoms with Gasteiger partial charge in [-0.3, -0.25) is 0 Å². The quantitative estimate of drug-likeness (QED) is 0.303. The van der Waals surface area contributed by atoms with Gasteiger partial charge in [0.25, 0.3) is 0 Å². The number of carbonyl (C=O) groups is 1. The summed E-state index contributed by atoms with van der Waals surface area (Å²) in [6.45, 7) is 9.50. The molecular weight excluding hydrogens is 531 g/mol. The molecule has 2 aliphatic heterocycles. The first-order valence-electron chi connectivity index (χ1n) is 10.8. The van der Waals surface area contributed by atoms with E-state index in [9.17, 15) is 4.79 Å². The normalized spacial score (nSPS) is 28.8. The number of nitrogens with one attached hydrogen (secondary N) is 1. The minimum atomic E-state index is -0.933. The van der Waals surface area contributed by atoms with E-state index in [1.165, 1.54) is 6.33 Å². The molecule has 176 valence electrons. The average molecular weight is 560 g/mol. The molecule has 0 spiro atoms. The SMILES string of the molecule is CCC(CC)OC(=O)OC[C@@]1(C)O[C@@H](c2ccc3c(NI)ncnn23)[C@@H]2OC(C)(C)O[C@@H]21. The maximum atomic E-state index is 12.2. The predicted octanol–water partition coefficient (Wildman–Crippen LogP) is 4.18. The second kappa shape index (κ2) is 8.92. The predicted molar refractivity (Wildman–Crippen MR) is 123 cm³/mol. The van der Waals surface area contributed by atoms with Crippen LogP contribution in [0.25, 0.3) is 5.52 Å². The van der Waals surface area contributed by atoms with E-state index >= 15 is 0 Å². The third-order valence-electron chi connectivity index (χ3n) is 5.94. The molecule has 4 atom stereocenters. The highest BCUT2D eigenvalue weighted by molar-refractivity contribution is 14.1. The number of anilines is 1. The third kappa shape index (κ3) is 4.27. The Bertz CT molecular complexity index is 980. The van der Waals surface area contributed by atoms with Crippen LogP contribution in [-0.4, -0.2) is 57.1 Å². The molecule has 0 amide bonds. The molecule has 2 saturated heterocycles. The van der Waals surface area contributed by atoms with Crippen molar-refractivity contribution in [3.05, 3.63) is 24.2 Å². The molecule has 32 heavy (non-hydrogen) atoms. The number of fused-ring (bicyclic) bond motifs is 2. The van der Waals surface area contributed by atoms with Crippen LogP contribution in [0.3, 0.4) is 0 Å². The molecule has 0 bridgehead atoms. The summed E-state index contributed by atoms with van der Waals surface area (Å²) >= 11 is 2.03. The summed E-state index contributed by atoms with van der Waals surface area (Å²) < 4.78 is 34.5. The Balaban J connectivity index is 1.59. The van der Waals surface area contributed by atoms with E-state index in [1.807, 2.05) is 69.6 Å². The van der Waals surface area contributed by atoms with E-state index in [0.29, 0.717) is 5.82 Å². The number of hydrogen-bond donors (Lipinski definition) is 1. The van der Waals surface area contributed by atoms with Crippen LogP contribution in [0.1, 0.15) is 59.3 Å². The molecule has 2 aliphatic rings. The summed E-state index contributed by atoms with van der Waals surface area (Å²) in [6.07, 6.45) is 0.734. The van der Waals surface area contributed by atoms with Crippen molar-refractivity contribution >= 4 is 40.4 Å². The van der Waals surface area contributed by atoms with Gasteiger partial charge in [0.05, 0.1) is 28.6 Å². The minimum absolute atomic E-state index is 0.0259. The minimum Gasteiger partial charge on any atom is -0.431 e. The van der Waals surface area contributed by atoms with Gasteiger partial charge in [0.15, 0.2) is 11.6 Å². The molecule has 4 heterocycles. The van der Waals surface area contributed by atoms with E-state index in [1.54, 1.807) is 4.52 Å². The van der Waals surface area contributed by atoms with Crippen molar-refractivity contribution in [1.29, 1.82) is 0 Å². The summed E-state index contributed by atoms with van der Waals surface area (Å²) in [6, 6.07) is 3.86. The fourth-order valence-corrected chi connectivity index (χ4v) is 4.74. The van der Waals surface area contributed by atoms with Gasteiger partial charge in [-0.2, -0.15) is 5.10 Å². The van der Waals surface area contributed by atoms with Crippen LogP contribution >= 0.6 is 22.9 Å². The topological polar surface area (TPSA) is 105 Å². The maximum absolute atomic E-state index is 12.2. The van der Waals surface area contributed by atoms with Crippen molar-refractivity contribution < 1.29 is 28.5 Å². The number of halogens is 1. The lowest BCUT2D eigenvalue weighted by Gasteiger charge is -2.31. The number of aromatic nitrogens is 3. The zero-order valence-corrected chi connectivity index (χ0v) is 21.0. The Hall–Kier alpha value is -1.70. The summed E-state index contributed by atoms with van der Waals surface area (Å²) in [5.74, 6) is -0.105. The fourth-order valence-electron chi connectivity index (χ4n) is 4.32. The number of nitrogens with zero attached hydrogens (tertiary/aromatic N) is 3. The Morgan fingerprint density at radius 1 is 1.25 bits per heavy atom. The molecule has 0 saturated carbocycles. The first-order chi connectivity index (χ1) is 15.2. The lowest BCUT2D eigenvalue weighted by molar-refractivity contribution is -0.214. The molecular formula is C21H29IN4O6. The van der Waals surface area contributed by atoms with Gasteiger partial charge in [-0.05, 0) is 45.7 Å². The Kier molecular flexibility index (Phi) is 6.54. The molecule has 0 unspecified atom stereocenters. The molecule has 0 aromatic carbocycles. The van der Waals surface area contributed by atoms with E-state index < -0.39 is 35.9 Å². The summed E-state index contributed by atoms with van der Waals surface area (Å²) in [5.41, 5.74) is 0.682. The van der Waals surface area contributed by atoms with Crippen LogP contribution in [0.2, 0.25) is 0 Å². The first-order valence-corrected chi connectivity index (χ1v) is 11.9. The molecule has 0 radical (unpaired) electrons. The van der Waals surface area contributed by atoms with Gasteiger partial charge in [-0.15, -0.1) is 0 Å². The van der Waals surface area contributed by atoms with Crippen molar-refractivity contribution in [3.8, 4) is 0 Å². The zero-order valence-electron chi connectivity index (χ0n) is 18.8. The first kappa shape index (κ1) is 23.5. The largest absolute Gasteiger partial charge is 0.508 e. The van der Waals surface area contributed by atoms with Gasteiger partial charge < -0.3 is 27.2 Å². The highest BCUT2D eigenvalue weighted by Gasteiger charge is 2.62. The van der Waals surface area contributed by atoms with Crippen molar-refractivity contribution in [2.45, 2.75) is 83.3 Å². The van der Waals surface area contributed by atoms with Gasteiger partial charge in [-0.25, -0.2) is 14.3 Å². The van der Waals surface area contributed by atoms with E-state index in [2.05, 4.69) is 13.6 Å². The van der Waals surface area contributed by atoms with Crippen molar-refractivity contribution in [1.82, 2.24) is 14.6 Å². The van der Waals surface area contributed by atoms with Crippen LogP contribution in [0.4, 0.5) is 10.6 Å². The highest BCUT2D eigenvalue weighted by Crippen LogP contribution is 2.50. The van der Waals surface area contributed by atoms with Crippen LogP contribution in [-0.2, 0) is 23.7 Å². The van der Waals surface area contributed by atoms with Gasteiger partial charge in [0, 0.05) is 0 Å². The second-order valence-corrected chi connectivity index (χ2v) is 9.26. The standard InChI is InChI=1S/C21H29IN4O6/c1-6-12(7-2)29-19(27)28-10-21(5)17-16(30-20(3,4)32-17)15(31-21)13-8-9-14-18(25-22)23-11-24-26(13)14/h8-9,11-12,15-17H,6-7,10H2,1-5H3,(H,23,24,25)/t15-,16-,17-,21+/m0/s1. The number of rotatable bonds is 7. The Morgan fingerprint density at radius 3 is 2.69 bits per heavy atom. The Morgan fingerprint density at radius 2 is 2.00 bits per heavy atom. The number of hydrogen-bond acceptors (Lipinski definition) is 9. The smallest absolute Gasteiger partial charge is 0.431 e. The number of carbonyl (C=O) groups excluding carboxylic acids is 1. The molecule has 2 aromatic heterocycles. The lowest BCUT2D eigenvalue weighted by atomic mass is 9.97. The van der Waals surface area contributed by atoms with E-state index in [4.69, 9.17) is 23.7 Å². The number of ether oxygens (including phenoxy) is 5. The Labute approximate surface area is 200 Å². The molecule has 1 N–H and O–H groups in total. The van der Waals surface area contributed by atoms with Gasteiger partial charge in [0.1, 0.15) is 48.5 Å². The maximum Gasteiger partial charge on any atom is 0.508 e. The highest BCUT2D eigenvalue weighted by atomic mass is 127. The average Bonchev–Trinajstić information content (AvgIpc) is 3.41. The van der Waals surface area contributed by atoms with Crippen LogP contribution in [0.15, 0.2) is 18.5 Å². The summed E-state index contributed by atoms with van der Waals surface area (Å²) in [4.78, 5) is 16.5. The molecule has 2 aromatic rings. The third-order valence-corrected chi connectivity index (χ3v) is 6.45. The van der Waals surface area contributed by atoms with Crippen molar-refractivity contribution in [2.75, 3.05) is 10.1 Å². The van der Waals surface area contributed by atoms with Crippen LogP contribution in [0, 0.1) is 0 Å². The molecule has 10 nitrogen and oxygen atoms in total. The zero-order chi connectivity index (χ0) is 23.1. The fraction of sp³-hybridized carbons (Fsp3) is 0.667. The van der Waals surface area contributed by atoms with Crippen molar-refractivity contribution in [3.63, 3.8) is 0 Å². The monoisotopic (exact) mass is 560 g/mol. The van der Waals surface area contributed by atoms with E-state index in [-0.39, 0.29) is 12.7 Å². The second-order valence-electron chi connectivity index (χ2n) is 8.73. The van der Waals surface area contributed by atoms with Gasteiger partial charge in [-0.1, -0.05) is 13.8 Å². The van der Waals surface area contributed by atoms with Crippen LogP contribution in [0.5, 0.6) is 0 Å². The van der Waals surface area contributed by atoms with Gasteiger partial charge in [0.2, 0.25) is 0 Å². The molecule has 11 heteroatoms.